The summed E-state index contributed by atoms with van der Waals surface area (Å²) in [6, 6.07) is 9.53. The number of carbonyl (C=O) groups excluding carboxylic acids is 1. The van der Waals surface area contributed by atoms with E-state index in [0.29, 0.717) is 6.42 Å². The van der Waals surface area contributed by atoms with Crippen LogP contribution < -0.4 is 14.2 Å². The van der Waals surface area contributed by atoms with Gasteiger partial charge in [-0.05, 0) is 12.0 Å². The quantitative estimate of drug-likeness (QED) is 0.758. The predicted molar refractivity (Wildman–Crippen MR) is 88.5 cm³/mol. The Bertz CT molecular complexity index is 693. The lowest BCUT2D eigenvalue weighted by molar-refractivity contribution is 0.0974. The molecule has 0 unspecified atom stereocenters. The Balaban J connectivity index is 2.42. The molecule has 0 radical (unpaired) electrons. The Labute approximate surface area is 140 Å². The molecule has 2 aromatic carbocycles. The summed E-state index contributed by atoms with van der Waals surface area (Å²) in [7, 11) is 3.92. The molecule has 0 atom stereocenters. The Morgan fingerprint density at radius 2 is 1.38 bits per heavy atom. The number of phenolic OH excluding ortho intramolecular Hbond substituents is 2. The van der Waals surface area contributed by atoms with E-state index in [2.05, 4.69) is 0 Å². The second kappa shape index (κ2) is 7.59. The minimum Gasteiger partial charge on any atom is -0.502 e. The Kier molecular flexibility index (Phi) is 5.52. The molecular formula is C18H20O6. The molecule has 6 nitrogen and oxygen atoms in total. The van der Waals surface area contributed by atoms with Crippen LogP contribution in [0.2, 0.25) is 0 Å². The highest BCUT2D eigenvalue weighted by Gasteiger charge is 2.30. The average Bonchev–Trinajstić information content (AvgIpc) is 2.60. The Morgan fingerprint density at radius 1 is 0.875 bits per heavy atom. The first-order valence-electron chi connectivity index (χ1n) is 7.36. The number of aryl methyl sites for hydroxylation is 1. The second-order valence-corrected chi connectivity index (χ2v) is 5.08. The van der Waals surface area contributed by atoms with Gasteiger partial charge in [-0.3, -0.25) is 4.79 Å². The molecule has 24 heavy (non-hydrogen) atoms. The van der Waals surface area contributed by atoms with Crippen LogP contribution in [-0.4, -0.2) is 37.3 Å². The van der Waals surface area contributed by atoms with Crippen molar-refractivity contribution in [3.63, 3.8) is 0 Å². The number of carbonyl (C=O) groups is 1. The highest BCUT2D eigenvalue weighted by atomic mass is 16.5. The molecule has 0 aliphatic carbocycles. The summed E-state index contributed by atoms with van der Waals surface area (Å²) in [6.07, 6.45) is 0.682. The van der Waals surface area contributed by atoms with Gasteiger partial charge >= 0.3 is 0 Å². The number of rotatable bonds is 7. The lowest BCUT2D eigenvalue weighted by atomic mass is 9.99. The number of hydrogen-bond acceptors (Lipinski definition) is 6. The van der Waals surface area contributed by atoms with Crippen molar-refractivity contribution in [2.45, 2.75) is 12.8 Å². The van der Waals surface area contributed by atoms with Crippen molar-refractivity contribution in [3.05, 3.63) is 41.5 Å². The van der Waals surface area contributed by atoms with E-state index in [0.717, 1.165) is 5.56 Å². The minimum atomic E-state index is -0.443. The van der Waals surface area contributed by atoms with Crippen LogP contribution in [0.1, 0.15) is 22.3 Å². The SMILES string of the molecule is COc1c(O)c(OC)c(C(=O)CCc2ccccc2)c(OC)c1O. The standard InChI is InChI=1S/C18H20O6/c1-22-16-13(12(19)10-9-11-7-5-4-6-8-11)17(23-2)15(21)18(24-3)14(16)20/h4-8,20-21H,9-10H2,1-3H3. The zero-order chi connectivity index (χ0) is 17.7. The van der Waals surface area contributed by atoms with E-state index in [-0.39, 0.29) is 35.0 Å². The maximum atomic E-state index is 12.7. The van der Waals surface area contributed by atoms with E-state index in [1.165, 1.54) is 21.3 Å². The van der Waals surface area contributed by atoms with Crippen LogP contribution in [0.15, 0.2) is 30.3 Å². The molecular weight excluding hydrogens is 312 g/mol. The molecule has 0 heterocycles. The third kappa shape index (κ3) is 3.22. The fourth-order valence-corrected chi connectivity index (χ4v) is 2.53. The summed E-state index contributed by atoms with van der Waals surface area (Å²) in [6.45, 7) is 0. The lowest BCUT2D eigenvalue weighted by Crippen LogP contribution is -2.08. The van der Waals surface area contributed by atoms with E-state index in [9.17, 15) is 15.0 Å². The second-order valence-electron chi connectivity index (χ2n) is 5.08. The van der Waals surface area contributed by atoms with E-state index in [4.69, 9.17) is 14.2 Å². The van der Waals surface area contributed by atoms with Gasteiger partial charge in [0.2, 0.25) is 17.2 Å². The molecule has 2 rings (SSSR count). The highest BCUT2D eigenvalue weighted by molar-refractivity contribution is 6.04. The number of hydrogen-bond donors (Lipinski definition) is 2. The van der Waals surface area contributed by atoms with Crippen molar-refractivity contribution in [2.75, 3.05) is 21.3 Å². The number of ketones is 1. The van der Waals surface area contributed by atoms with Crippen molar-refractivity contribution in [1.82, 2.24) is 0 Å². The first kappa shape index (κ1) is 17.5. The van der Waals surface area contributed by atoms with Crippen LogP contribution in [-0.2, 0) is 6.42 Å². The van der Waals surface area contributed by atoms with Gasteiger partial charge < -0.3 is 24.4 Å². The zero-order valence-electron chi connectivity index (χ0n) is 13.8. The van der Waals surface area contributed by atoms with Crippen molar-refractivity contribution in [1.29, 1.82) is 0 Å². The third-order valence-corrected chi connectivity index (χ3v) is 3.69. The summed E-state index contributed by atoms with van der Waals surface area (Å²) in [5.41, 5.74) is 0.998. The van der Waals surface area contributed by atoms with Gasteiger partial charge in [0.25, 0.3) is 0 Å². The largest absolute Gasteiger partial charge is 0.502 e. The first-order chi connectivity index (χ1) is 11.5. The molecule has 6 heteroatoms. The van der Waals surface area contributed by atoms with Crippen LogP contribution in [0.3, 0.4) is 0 Å². The maximum absolute atomic E-state index is 12.7. The smallest absolute Gasteiger partial charge is 0.210 e. The van der Waals surface area contributed by atoms with E-state index < -0.39 is 11.5 Å². The fraction of sp³-hybridized carbons (Fsp3) is 0.278. The first-order valence-corrected chi connectivity index (χ1v) is 7.36. The number of aromatic hydroxyl groups is 2. The number of methoxy groups -OCH3 is 3. The van der Waals surface area contributed by atoms with Gasteiger partial charge in [-0.1, -0.05) is 30.3 Å². The van der Waals surface area contributed by atoms with Gasteiger partial charge in [0, 0.05) is 6.42 Å². The molecule has 0 bridgehead atoms. The van der Waals surface area contributed by atoms with Crippen molar-refractivity contribution in [3.8, 4) is 28.7 Å². The minimum absolute atomic E-state index is 0.00766. The van der Waals surface area contributed by atoms with E-state index >= 15 is 0 Å². The predicted octanol–water partition coefficient (Wildman–Crippen LogP) is 2.94. The molecule has 2 aromatic rings. The number of Topliss-reactive ketones (excluding diaryl/α,β-unsaturated/α-hetero) is 1. The normalized spacial score (nSPS) is 10.3. The zero-order valence-corrected chi connectivity index (χ0v) is 13.8. The molecule has 0 aliphatic rings. The van der Waals surface area contributed by atoms with Crippen LogP contribution in [0.4, 0.5) is 0 Å². The lowest BCUT2D eigenvalue weighted by Gasteiger charge is -2.18. The summed E-state index contributed by atoms with van der Waals surface area (Å²) >= 11 is 0. The fourth-order valence-electron chi connectivity index (χ4n) is 2.53. The molecule has 0 aromatic heterocycles. The summed E-state index contributed by atoms with van der Waals surface area (Å²) < 4.78 is 15.2. The highest BCUT2D eigenvalue weighted by Crippen LogP contribution is 2.52. The van der Waals surface area contributed by atoms with E-state index in [1.807, 2.05) is 30.3 Å². The molecule has 0 saturated carbocycles. The molecule has 0 aliphatic heterocycles. The number of ether oxygens (including phenoxy) is 3. The number of phenols is 2. The van der Waals surface area contributed by atoms with Crippen LogP contribution in [0.5, 0.6) is 28.7 Å². The summed E-state index contributed by atoms with van der Waals surface area (Å²) in [4.78, 5) is 12.7. The Hall–Kier alpha value is -2.89. The monoisotopic (exact) mass is 332 g/mol. The van der Waals surface area contributed by atoms with Gasteiger partial charge in [0.05, 0.1) is 21.3 Å². The summed E-state index contributed by atoms with van der Waals surface area (Å²) in [5, 5.41) is 20.4. The molecule has 128 valence electrons. The van der Waals surface area contributed by atoms with Crippen molar-refractivity contribution >= 4 is 5.78 Å². The summed E-state index contributed by atoms with van der Waals surface area (Å²) in [5.74, 6) is -1.58. The van der Waals surface area contributed by atoms with E-state index in [1.54, 1.807) is 0 Å². The maximum Gasteiger partial charge on any atom is 0.210 e. The number of benzene rings is 2. The molecule has 0 spiro atoms. The Morgan fingerprint density at radius 3 is 1.83 bits per heavy atom. The third-order valence-electron chi connectivity index (χ3n) is 3.69. The van der Waals surface area contributed by atoms with Gasteiger partial charge in [0.15, 0.2) is 17.3 Å². The van der Waals surface area contributed by atoms with Crippen molar-refractivity contribution in [2.24, 2.45) is 0 Å². The molecule has 2 N–H and O–H groups in total. The van der Waals surface area contributed by atoms with Crippen LogP contribution in [0.25, 0.3) is 0 Å². The topological polar surface area (TPSA) is 85.2 Å². The van der Waals surface area contributed by atoms with Crippen molar-refractivity contribution < 1.29 is 29.2 Å². The average molecular weight is 332 g/mol. The molecule has 0 saturated heterocycles. The van der Waals surface area contributed by atoms with Gasteiger partial charge in [-0.15, -0.1) is 0 Å². The van der Waals surface area contributed by atoms with Crippen LogP contribution >= 0.6 is 0 Å². The van der Waals surface area contributed by atoms with Gasteiger partial charge in [0.1, 0.15) is 5.56 Å². The molecule has 0 amide bonds. The van der Waals surface area contributed by atoms with Gasteiger partial charge in [-0.25, -0.2) is 0 Å². The van der Waals surface area contributed by atoms with Crippen LogP contribution in [0, 0.1) is 0 Å². The van der Waals surface area contributed by atoms with Gasteiger partial charge in [-0.2, -0.15) is 0 Å². The molecule has 0 fully saturated rings.